The molecule has 1 amide bonds. The van der Waals surface area contributed by atoms with E-state index in [1.807, 2.05) is 6.92 Å². The van der Waals surface area contributed by atoms with Gasteiger partial charge in [0.1, 0.15) is 5.75 Å². The summed E-state index contributed by atoms with van der Waals surface area (Å²) >= 11 is 0. The first-order valence-electron chi connectivity index (χ1n) is 9.02. The van der Waals surface area contributed by atoms with E-state index in [1.54, 1.807) is 31.2 Å². The number of nitrogens with zero attached hydrogens (tertiary/aromatic N) is 1. The Kier molecular flexibility index (Phi) is 7.53. The van der Waals surface area contributed by atoms with Crippen LogP contribution in [0.5, 0.6) is 11.5 Å². The Hall–Kier alpha value is -3.62. The first-order valence-corrected chi connectivity index (χ1v) is 9.02. The maximum Gasteiger partial charge on any atom is 0.339 e. The molecule has 0 saturated carbocycles. The van der Waals surface area contributed by atoms with E-state index in [0.29, 0.717) is 18.0 Å². The van der Waals surface area contributed by atoms with Gasteiger partial charge in [0.15, 0.2) is 11.9 Å². The van der Waals surface area contributed by atoms with Crippen LogP contribution in [0.3, 0.4) is 0 Å². The summed E-state index contributed by atoms with van der Waals surface area (Å²) in [5.41, 5.74) is 0.0255. The third kappa shape index (κ3) is 5.68. The number of nitro benzene ring substituents is 1. The summed E-state index contributed by atoms with van der Waals surface area (Å²) in [6, 6.07) is 10.6. The van der Waals surface area contributed by atoms with Crippen molar-refractivity contribution in [1.82, 2.24) is 0 Å². The Balaban J connectivity index is 2.09. The Bertz CT molecular complexity index is 898. The van der Waals surface area contributed by atoms with Crippen LogP contribution < -0.4 is 14.8 Å². The van der Waals surface area contributed by atoms with Crippen LogP contribution in [0, 0.1) is 10.1 Å². The van der Waals surface area contributed by atoms with Gasteiger partial charge < -0.3 is 19.5 Å². The van der Waals surface area contributed by atoms with Gasteiger partial charge in [-0.25, -0.2) is 4.79 Å². The van der Waals surface area contributed by atoms with Gasteiger partial charge in [-0.3, -0.25) is 14.9 Å². The standard InChI is InChI=1S/C20H22N2O7/c1-4-27-17-9-7-6-8-15(17)21-19(23)13(3)29-20(24)14-10-11-18(28-5-2)16(12-14)22(25)26/h6-13H,4-5H2,1-3H3,(H,21,23)/t13-/m1/s1. The third-order valence-corrected chi connectivity index (χ3v) is 3.79. The number of nitrogens with one attached hydrogen (secondary N) is 1. The summed E-state index contributed by atoms with van der Waals surface area (Å²) in [7, 11) is 0. The van der Waals surface area contributed by atoms with E-state index in [0.717, 1.165) is 6.07 Å². The molecule has 0 heterocycles. The van der Waals surface area contributed by atoms with Crippen LogP contribution in [0.15, 0.2) is 42.5 Å². The largest absolute Gasteiger partial charge is 0.492 e. The summed E-state index contributed by atoms with van der Waals surface area (Å²) in [6.07, 6.45) is -1.14. The number of carbonyl (C=O) groups excluding carboxylic acids is 2. The Morgan fingerprint density at radius 1 is 1.07 bits per heavy atom. The van der Waals surface area contributed by atoms with Gasteiger partial charge in [0.2, 0.25) is 0 Å². The van der Waals surface area contributed by atoms with Crippen molar-refractivity contribution in [3.8, 4) is 11.5 Å². The molecule has 0 bridgehead atoms. The van der Waals surface area contributed by atoms with E-state index in [1.165, 1.54) is 19.1 Å². The quantitative estimate of drug-likeness (QED) is 0.387. The molecule has 9 heteroatoms. The predicted molar refractivity (Wildman–Crippen MR) is 105 cm³/mol. The number of carbonyl (C=O) groups is 2. The second-order valence-corrected chi connectivity index (χ2v) is 5.84. The van der Waals surface area contributed by atoms with Gasteiger partial charge in [-0.1, -0.05) is 12.1 Å². The maximum atomic E-state index is 12.4. The fourth-order valence-electron chi connectivity index (χ4n) is 2.43. The zero-order chi connectivity index (χ0) is 21.4. The third-order valence-electron chi connectivity index (χ3n) is 3.79. The fraction of sp³-hybridized carbons (Fsp3) is 0.300. The molecule has 2 aromatic rings. The lowest BCUT2D eigenvalue weighted by Crippen LogP contribution is -2.30. The Morgan fingerprint density at radius 3 is 2.38 bits per heavy atom. The van der Waals surface area contributed by atoms with Crippen molar-refractivity contribution in [2.45, 2.75) is 26.9 Å². The molecule has 0 fully saturated rings. The van der Waals surface area contributed by atoms with Crippen LogP contribution in [0.1, 0.15) is 31.1 Å². The van der Waals surface area contributed by atoms with Crippen molar-refractivity contribution in [2.24, 2.45) is 0 Å². The van der Waals surface area contributed by atoms with Crippen LogP contribution in [-0.2, 0) is 9.53 Å². The SMILES string of the molecule is CCOc1ccccc1NC(=O)[C@@H](C)OC(=O)c1ccc(OCC)c([N+](=O)[O-])c1. The van der Waals surface area contributed by atoms with E-state index < -0.39 is 22.9 Å². The van der Waals surface area contributed by atoms with E-state index >= 15 is 0 Å². The molecular weight excluding hydrogens is 380 g/mol. The molecule has 2 rings (SSSR count). The molecule has 0 aliphatic carbocycles. The highest BCUT2D eigenvalue weighted by Gasteiger charge is 2.23. The van der Waals surface area contributed by atoms with Gasteiger partial charge >= 0.3 is 11.7 Å². The van der Waals surface area contributed by atoms with Crippen molar-refractivity contribution in [2.75, 3.05) is 18.5 Å². The van der Waals surface area contributed by atoms with Crippen molar-refractivity contribution < 1.29 is 28.7 Å². The molecule has 9 nitrogen and oxygen atoms in total. The Labute approximate surface area is 167 Å². The normalized spacial score (nSPS) is 11.3. The number of ether oxygens (including phenoxy) is 3. The van der Waals surface area contributed by atoms with Crippen molar-refractivity contribution in [3.05, 3.63) is 58.1 Å². The minimum Gasteiger partial charge on any atom is -0.492 e. The second kappa shape index (κ2) is 10.1. The number of rotatable bonds is 9. The average Bonchev–Trinajstić information content (AvgIpc) is 2.69. The molecule has 0 saturated heterocycles. The smallest absolute Gasteiger partial charge is 0.339 e. The molecule has 0 aliphatic rings. The molecular formula is C20H22N2O7. The summed E-state index contributed by atoms with van der Waals surface area (Å²) in [4.78, 5) is 35.3. The molecule has 1 atom stereocenters. The van der Waals surface area contributed by atoms with Crippen LogP contribution in [0.4, 0.5) is 11.4 Å². The number of hydrogen-bond acceptors (Lipinski definition) is 7. The maximum absolute atomic E-state index is 12.4. The van der Waals surface area contributed by atoms with Gasteiger partial charge in [-0.2, -0.15) is 0 Å². The molecule has 154 valence electrons. The molecule has 0 radical (unpaired) electrons. The van der Waals surface area contributed by atoms with Crippen molar-refractivity contribution in [3.63, 3.8) is 0 Å². The van der Waals surface area contributed by atoms with Crippen LogP contribution in [0.25, 0.3) is 0 Å². The van der Waals surface area contributed by atoms with Crippen molar-refractivity contribution in [1.29, 1.82) is 0 Å². The van der Waals surface area contributed by atoms with Crippen molar-refractivity contribution >= 4 is 23.3 Å². The summed E-state index contributed by atoms with van der Waals surface area (Å²) < 4.78 is 15.8. The molecule has 29 heavy (non-hydrogen) atoms. The molecule has 0 spiro atoms. The second-order valence-electron chi connectivity index (χ2n) is 5.84. The van der Waals surface area contributed by atoms with E-state index in [4.69, 9.17) is 14.2 Å². The minimum atomic E-state index is -1.14. The minimum absolute atomic E-state index is 0.0485. The van der Waals surface area contributed by atoms with E-state index in [2.05, 4.69) is 5.32 Å². The zero-order valence-corrected chi connectivity index (χ0v) is 16.3. The van der Waals surface area contributed by atoms with Crippen LogP contribution in [0.2, 0.25) is 0 Å². The Morgan fingerprint density at radius 2 is 1.72 bits per heavy atom. The number of benzene rings is 2. The topological polar surface area (TPSA) is 117 Å². The van der Waals surface area contributed by atoms with Gasteiger partial charge in [-0.05, 0) is 45.0 Å². The molecule has 0 aromatic heterocycles. The number of esters is 1. The number of amides is 1. The first kappa shape index (κ1) is 21.7. The van der Waals surface area contributed by atoms with Gasteiger partial charge in [0.05, 0.1) is 29.4 Å². The van der Waals surface area contributed by atoms with Gasteiger partial charge in [-0.15, -0.1) is 0 Å². The fourth-order valence-corrected chi connectivity index (χ4v) is 2.43. The molecule has 0 unspecified atom stereocenters. The number of nitro groups is 1. The monoisotopic (exact) mass is 402 g/mol. The zero-order valence-electron chi connectivity index (χ0n) is 16.3. The van der Waals surface area contributed by atoms with E-state index in [9.17, 15) is 19.7 Å². The van der Waals surface area contributed by atoms with Gasteiger partial charge in [0, 0.05) is 6.07 Å². The highest BCUT2D eigenvalue weighted by Crippen LogP contribution is 2.28. The highest BCUT2D eigenvalue weighted by molar-refractivity contribution is 5.98. The van der Waals surface area contributed by atoms with E-state index in [-0.39, 0.29) is 23.6 Å². The lowest BCUT2D eigenvalue weighted by atomic mass is 10.2. The van der Waals surface area contributed by atoms with Crippen LogP contribution >= 0.6 is 0 Å². The number of para-hydroxylation sites is 2. The summed E-state index contributed by atoms with van der Waals surface area (Å²) in [5, 5.41) is 13.8. The lowest BCUT2D eigenvalue weighted by Gasteiger charge is -2.15. The number of anilines is 1. The molecule has 2 aromatic carbocycles. The molecule has 1 N–H and O–H groups in total. The molecule has 0 aliphatic heterocycles. The number of hydrogen-bond donors (Lipinski definition) is 1. The average molecular weight is 402 g/mol. The van der Waals surface area contributed by atoms with Gasteiger partial charge in [0.25, 0.3) is 5.91 Å². The summed E-state index contributed by atoms with van der Waals surface area (Å²) in [6.45, 7) is 5.58. The summed E-state index contributed by atoms with van der Waals surface area (Å²) in [5.74, 6) is -0.890. The van der Waals surface area contributed by atoms with Crippen LogP contribution in [-0.4, -0.2) is 36.1 Å². The highest BCUT2D eigenvalue weighted by atomic mass is 16.6. The lowest BCUT2D eigenvalue weighted by molar-refractivity contribution is -0.385. The predicted octanol–water partition coefficient (Wildman–Crippen LogP) is 3.58. The first-order chi connectivity index (χ1) is 13.9.